The van der Waals surface area contributed by atoms with Gasteiger partial charge in [0.25, 0.3) is 0 Å². The van der Waals surface area contributed by atoms with Gasteiger partial charge in [-0.15, -0.1) is 12.4 Å². The molecule has 0 spiro atoms. The second-order valence-corrected chi connectivity index (χ2v) is 6.39. The first-order chi connectivity index (χ1) is 10.3. The summed E-state index contributed by atoms with van der Waals surface area (Å²) in [5.41, 5.74) is 9.40. The van der Waals surface area contributed by atoms with Gasteiger partial charge in [0.05, 0.1) is 0 Å². The minimum atomic E-state index is 0. The Labute approximate surface area is 140 Å². The lowest BCUT2D eigenvalue weighted by Gasteiger charge is -2.44. The van der Waals surface area contributed by atoms with Crippen LogP contribution in [0.3, 0.4) is 0 Å². The predicted molar refractivity (Wildman–Crippen MR) is 96.5 cm³/mol. The highest BCUT2D eigenvalue weighted by molar-refractivity contribution is 5.85. The third kappa shape index (κ3) is 3.06. The second-order valence-electron chi connectivity index (χ2n) is 6.39. The van der Waals surface area contributed by atoms with Crippen LogP contribution in [-0.4, -0.2) is 6.04 Å². The number of hydrogen-bond donors (Lipinski definition) is 1. The van der Waals surface area contributed by atoms with Gasteiger partial charge in [-0.3, -0.25) is 0 Å². The zero-order valence-electron chi connectivity index (χ0n) is 13.2. The van der Waals surface area contributed by atoms with Crippen LogP contribution in [-0.2, 0) is 5.41 Å². The molecule has 2 atom stereocenters. The number of nitrogens with two attached hydrogens (primary N) is 1. The van der Waals surface area contributed by atoms with Crippen molar-refractivity contribution in [2.45, 2.75) is 44.1 Å². The standard InChI is InChI=1S/C20H25N.ClH/c1-2-16-15-20(14-13-19(16)21,17-9-5-3-6-10-17)18-11-7-4-8-12-18;/h3-12,16,19H,2,13-15,21H2,1H3;1H. The molecule has 2 aromatic rings. The van der Waals surface area contributed by atoms with E-state index in [1.54, 1.807) is 0 Å². The SMILES string of the molecule is CCC1CC(c2ccccc2)(c2ccccc2)CCC1N.Cl. The predicted octanol–water partition coefficient (Wildman–Crippen LogP) is 4.93. The molecular weight excluding hydrogens is 290 g/mol. The smallest absolute Gasteiger partial charge is 0.0206 e. The number of hydrogen-bond acceptors (Lipinski definition) is 1. The van der Waals surface area contributed by atoms with Crippen LogP contribution in [0.2, 0.25) is 0 Å². The van der Waals surface area contributed by atoms with E-state index in [9.17, 15) is 0 Å². The van der Waals surface area contributed by atoms with Crippen molar-refractivity contribution in [1.82, 2.24) is 0 Å². The lowest BCUT2D eigenvalue weighted by atomic mass is 9.61. The zero-order chi connectivity index (χ0) is 14.7. The fraction of sp³-hybridized carbons (Fsp3) is 0.400. The van der Waals surface area contributed by atoms with Gasteiger partial charge in [-0.25, -0.2) is 0 Å². The summed E-state index contributed by atoms with van der Waals surface area (Å²) in [7, 11) is 0. The maximum Gasteiger partial charge on any atom is 0.0206 e. The highest BCUT2D eigenvalue weighted by Crippen LogP contribution is 2.47. The van der Waals surface area contributed by atoms with Crippen molar-refractivity contribution in [3.05, 3.63) is 71.8 Å². The van der Waals surface area contributed by atoms with E-state index < -0.39 is 0 Å². The number of halogens is 1. The lowest BCUT2D eigenvalue weighted by molar-refractivity contribution is 0.219. The van der Waals surface area contributed by atoms with Crippen molar-refractivity contribution in [2.75, 3.05) is 0 Å². The molecule has 0 amide bonds. The molecule has 2 aromatic carbocycles. The Morgan fingerprint density at radius 1 is 0.955 bits per heavy atom. The molecular formula is C20H26ClN. The molecule has 2 N–H and O–H groups in total. The number of benzene rings is 2. The van der Waals surface area contributed by atoms with E-state index in [1.165, 1.54) is 24.0 Å². The van der Waals surface area contributed by atoms with Crippen LogP contribution in [0.4, 0.5) is 0 Å². The van der Waals surface area contributed by atoms with Crippen LogP contribution in [0, 0.1) is 5.92 Å². The molecule has 2 heteroatoms. The van der Waals surface area contributed by atoms with Crippen molar-refractivity contribution in [3.63, 3.8) is 0 Å². The van der Waals surface area contributed by atoms with E-state index in [0.717, 1.165) is 12.8 Å². The summed E-state index contributed by atoms with van der Waals surface area (Å²) in [6.07, 6.45) is 4.60. The van der Waals surface area contributed by atoms with Crippen LogP contribution < -0.4 is 5.73 Å². The van der Waals surface area contributed by atoms with Gasteiger partial charge in [0.15, 0.2) is 0 Å². The molecule has 0 radical (unpaired) electrons. The normalized spacial score (nSPS) is 23.5. The fourth-order valence-electron chi connectivity index (χ4n) is 4.00. The summed E-state index contributed by atoms with van der Waals surface area (Å²) in [6, 6.07) is 22.4. The average Bonchev–Trinajstić information content (AvgIpc) is 2.57. The largest absolute Gasteiger partial charge is 0.327 e. The molecule has 118 valence electrons. The fourth-order valence-corrected chi connectivity index (χ4v) is 4.00. The van der Waals surface area contributed by atoms with Crippen molar-refractivity contribution in [3.8, 4) is 0 Å². The van der Waals surface area contributed by atoms with Gasteiger partial charge in [-0.2, -0.15) is 0 Å². The van der Waals surface area contributed by atoms with Crippen LogP contribution in [0.15, 0.2) is 60.7 Å². The molecule has 1 fully saturated rings. The Balaban J connectivity index is 0.00000176. The second kappa shape index (κ2) is 7.30. The Hall–Kier alpha value is -1.31. The molecule has 1 saturated carbocycles. The molecule has 3 rings (SSSR count). The highest BCUT2D eigenvalue weighted by Gasteiger charge is 2.41. The molecule has 22 heavy (non-hydrogen) atoms. The Morgan fingerprint density at radius 3 is 1.91 bits per heavy atom. The van der Waals surface area contributed by atoms with Crippen molar-refractivity contribution < 1.29 is 0 Å². The quantitative estimate of drug-likeness (QED) is 0.853. The van der Waals surface area contributed by atoms with Crippen molar-refractivity contribution >= 4 is 12.4 Å². The first kappa shape index (κ1) is 17.1. The van der Waals surface area contributed by atoms with Crippen LogP contribution in [0.5, 0.6) is 0 Å². The van der Waals surface area contributed by atoms with Gasteiger partial charge >= 0.3 is 0 Å². The average molecular weight is 316 g/mol. The van der Waals surface area contributed by atoms with E-state index in [-0.39, 0.29) is 17.8 Å². The Kier molecular flexibility index (Phi) is 5.66. The molecule has 1 aliphatic carbocycles. The highest BCUT2D eigenvalue weighted by atomic mass is 35.5. The van der Waals surface area contributed by atoms with E-state index >= 15 is 0 Å². The van der Waals surface area contributed by atoms with Gasteiger partial charge in [-0.1, -0.05) is 74.0 Å². The van der Waals surface area contributed by atoms with Crippen LogP contribution in [0.25, 0.3) is 0 Å². The van der Waals surface area contributed by atoms with Gasteiger partial charge in [-0.05, 0) is 36.3 Å². The molecule has 1 nitrogen and oxygen atoms in total. The lowest BCUT2D eigenvalue weighted by Crippen LogP contribution is -2.44. The topological polar surface area (TPSA) is 26.0 Å². The maximum atomic E-state index is 6.37. The Bertz CT molecular complexity index is 527. The number of rotatable bonds is 3. The third-order valence-corrected chi connectivity index (χ3v) is 5.30. The molecule has 2 unspecified atom stereocenters. The molecule has 0 bridgehead atoms. The monoisotopic (exact) mass is 315 g/mol. The third-order valence-electron chi connectivity index (χ3n) is 5.30. The molecule has 1 aliphatic rings. The van der Waals surface area contributed by atoms with Gasteiger partial charge in [0.1, 0.15) is 0 Å². The first-order valence-electron chi connectivity index (χ1n) is 8.13. The summed E-state index contributed by atoms with van der Waals surface area (Å²) in [5, 5.41) is 0. The van der Waals surface area contributed by atoms with E-state index in [1.807, 2.05) is 0 Å². The summed E-state index contributed by atoms with van der Waals surface area (Å²) in [4.78, 5) is 0. The molecule has 0 aliphatic heterocycles. The summed E-state index contributed by atoms with van der Waals surface area (Å²) in [5.74, 6) is 0.610. The molecule has 0 aromatic heterocycles. The Morgan fingerprint density at radius 2 is 1.45 bits per heavy atom. The summed E-state index contributed by atoms with van der Waals surface area (Å²) < 4.78 is 0. The zero-order valence-corrected chi connectivity index (χ0v) is 14.1. The van der Waals surface area contributed by atoms with Gasteiger partial charge in [0.2, 0.25) is 0 Å². The van der Waals surface area contributed by atoms with Crippen LogP contribution in [0.1, 0.15) is 43.7 Å². The van der Waals surface area contributed by atoms with Gasteiger partial charge < -0.3 is 5.73 Å². The minimum Gasteiger partial charge on any atom is -0.327 e. The molecule has 0 heterocycles. The van der Waals surface area contributed by atoms with Crippen molar-refractivity contribution in [1.29, 1.82) is 0 Å². The van der Waals surface area contributed by atoms with E-state index in [0.29, 0.717) is 12.0 Å². The minimum absolute atomic E-state index is 0. The molecule has 0 saturated heterocycles. The summed E-state index contributed by atoms with van der Waals surface area (Å²) in [6.45, 7) is 2.27. The maximum absolute atomic E-state index is 6.37. The van der Waals surface area contributed by atoms with Crippen LogP contribution >= 0.6 is 12.4 Å². The van der Waals surface area contributed by atoms with Crippen molar-refractivity contribution in [2.24, 2.45) is 11.7 Å². The van der Waals surface area contributed by atoms with E-state index in [2.05, 4.69) is 67.6 Å². The summed E-state index contributed by atoms with van der Waals surface area (Å²) >= 11 is 0. The van der Waals surface area contributed by atoms with Gasteiger partial charge in [0, 0.05) is 11.5 Å². The van der Waals surface area contributed by atoms with E-state index in [4.69, 9.17) is 5.73 Å². The first-order valence-corrected chi connectivity index (χ1v) is 8.13.